The maximum Gasteiger partial charge on any atom is 0.338 e. The third-order valence-electron chi connectivity index (χ3n) is 4.41. The van der Waals surface area contributed by atoms with Crippen molar-refractivity contribution in [2.24, 2.45) is 0 Å². The van der Waals surface area contributed by atoms with Gasteiger partial charge in [0.25, 0.3) is 0 Å². The topological polar surface area (TPSA) is 89.7 Å². The minimum Gasteiger partial charge on any atom is -0.455 e. The number of aromatic nitrogens is 1. The summed E-state index contributed by atoms with van der Waals surface area (Å²) in [4.78, 5) is 16.6. The van der Waals surface area contributed by atoms with Crippen molar-refractivity contribution in [1.82, 2.24) is 9.29 Å². The normalized spacial score (nSPS) is 11.6. The van der Waals surface area contributed by atoms with Gasteiger partial charge >= 0.3 is 5.97 Å². The number of carbonyl (C=O) groups excluding carboxylic acids is 1. The molecule has 3 aromatic rings. The summed E-state index contributed by atoms with van der Waals surface area (Å²) in [5, 5.41) is 0. The van der Waals surface area contributed by atoms with Crippen molar-refractivity contribution in [2.45, 2.75) is 25.3 Å². The Balaban J connectivity index is 1.69. The minimum absolute atomic E-state index is 0.0284. The Morgan fingerprint density at radius 2 is 1.83 bits per heavy atom. The lowest BCUT2D eigenvalue weighted by Crippen LogP contribution is -2.30. The first-order valence-corrected chi connectivity index (χ1v) is 10.8. The first kappa shape index (κ1) is 21.7. The molecule has 0 saturated carbocycles. The standard InChI is InChI=1S/C21H21FN2O5S/c1-3-24(4-2)30(26,27)19-7-5-6-16(12-19)21(25)29-14-18-13-28-20(23-18)15-8-10-17(22)11-9-15/h5-13H,3-4,14H2,1-2H3. The molecule has 0 aliphatic rings. The molecule has 2 aromatic carbocycles. The molecule has 0 N–H and O–H groups in total. The third-order valence-corrected chi connectivity index (χ3v) is 6.45. The van der Waals surface area contributed by atoms with Gasteiger partial charge in [-0.25, -0.2) is 22.6 Å². The van der Waals surface area contributed by atoms with Crippen LogP contribution in [0.3, 0.4) is 0 Å². The fraction of sp³-hybridized carbons (Fsp3) is 0.238. The Labute approximate surface area is 174 Å². The van der Waals surface area contributed by atoms with E-state index >= 15 is 0 Å². The highest BCUT2D eigenvalue weighted by molar-refractivity contribution is 7.89. The molecule has 9 heteroatoms. The number of ether oxygens (including phenoxy) is 1. The van der Waals surface area contributed by atoms with Crippen LogP contribution in [0.2, 0.25) is 0 Å². The Kier molecular flexibility index (Phi) is 6.63. The van der Waals surface area contributed by atoms with Crippen LogP contribution in [-0.2, 0) is 21.4 Å². The molecule has 0 aliphatic heterocycles. The van der Waals surface area contributed by atoms with Gasteiger partial charge in [0.1, 0.15) is 24.4 Å². The average Bonchev–Trinajstić information content (AvgIpc) is 3.22. The molecule has 0 saturated heterocycles. The number of rotatable bonds is 8. The lowest BCUT2D eigenvalue weighted by atomic mass is 10.2. The number of hydrogen-bond donors (Lipinski definition) is 0. The van der Waals surface area contributed by atoms with Crippen LogP contribution < -0.4 is 0 Å². The van der Waals surface area contributed by atoms with Gasteiger partial charge in [-0.15, -0.1) is 0 Å². The molecule has 0 bridgehead atoms. The van der Waals surface area contributed by atoms with Gasteiger partial charge < -0.3 is 9.15 Å². The van der Waals surface area contributed by atoms with E-state index in [4.69, 9.17) is 9.15 Å². The van der Waals surface area contributed by atoms with Gasteiger partial charge in [-0.3, -0.25) is 0 Å². The van der Waals surface area contributed by atoms with Crippen molar-refractivity contribution in [2.75, 3.05) is 13.1 Å². The van der Waals surface area contributed by atoms with Crippen LogP contribution in [0.15, 0.2) is 64.1 Å². The number of benzene rings is 2. The van der Waals surface area contributed by atoms with E-state index in [2.05, 4.69) is 4.98 Å². The van der Waals surface area contributed by atoms with E-state index < -0.39 is 16.0 Å². The third kappa shape index (κ3) is 4.74. The molecule has 0 spiro atoms. The van der Waals surface area contributed by atoms with Gasteiger partial charge in [0.15, 0.2) is 0 Å². The first-order chi connectivity index (χ1) is 14.3. The van der Waals surface area contributed by atoms with Crippen LogP contribution in [0.5, 0.6) is 0 Å². The molecule has 0 atom stereocenters. The second-order valence-corrected chi connectivity index (χ2v) is 8.28. The summed E-state index contributed by atoms with van der Waals surface area (Å²) >= 11 is 0. The number of carbonyl (C=O) groups is 1. The number of nitrogens with zero attached hydrogens (tertiary/aromatic N) is 2. The first-order valence-electron chi connectivity index (χ1n) is 9.32. The van der Waals surface area contributed by atoms with Crippen molar-refractivity contribution in [1.29, 1.82) is 0 Å². The molecular weight excluding hydrogens is 411 g/mol. The van der Waals surface area contributed by atoms with Gasteiger partial charge in [0.2, 0.25) is 15.9 Å². The predicted molar refractivity (Wildman–Crippen MR) is 108 cm³/mol. The molecule has 1 heterocycles. The summed E-state index contributed by atoms with van der Waals surface area (Å²) in [5.41, 5.74) is 1.07. The molecule has 0 aliphatic carbocycles. The zero-order valence-corrected chi connectivity index (χ0v) is 17.4. The van der Waals surface area contributed by atoms with Crippen LogP contribution in [0.25, 0.3) is 11.5 Å². The van der Waals surface area contributed by atoms with Gasteiger partial charge in [0.05, 0.1) is 10.5 Å². The number of oxazole rings is 1. The number of hydrogen-bond acceptors (Lipinski definition) is 6. The molecule has 30 heavy (non-hydrogen) atoms. The van der Waals surface area contributed by atoms with E-state index in [0.717, 1.165) is 0 Å². The zero-order valence-electron chi connectivity index (χ0n) is 16.5. The lowest BCUT2D eigenvalue weighted by Gasteiger charge is -2.18. The van der Waals surface area contributed by atoms with Gasteiger partial charge in [0, 0.05) is 18.7 Å². The van der Waals surface area contributed by atoms with E-state index in [0.29, 0.717) is 24.3 Å². The molecular formula is C21H21FN2O5S. The van der Waals surface area contributed by atoms with E-state index in [1.807, 2.05) is 0 Å². The number of halogens is 1. The smallest absolute Gasteiger partial charge is 0.338 e. The maximum atomic E-state index is 13.0. The lowest BCUT2D eigenvalue weighted by molar-refractivity contribution is 0.0467. The van der Waals surface area contributed by atoms with E-state index in [1.165, 1.54) is 59.1 Å². The second kappa shape index (κ2) is 9.19. The van der Waals surface area contributed by atoms with Crippen molar-refractivity contribution in [3.8, 4) is 11.5 Å². The summed E-state index contributed by atoms with van der Waals surface area (Å²) in [6.45, 7) is 4.00. The molecule has 0 fully saturated rings. The highest BCUT2D eigenvalue weighted by Gasteiger charge is 2.23. The quantitative estimate of drug-likeness (QED) is 0.502. The monoisotopic (exact) mass is 432 g/mol. The van der Waals surface area contributed by atoms with Crippen LogP contribution >= 0.6 is 0 Å². The summed E-state index contributed by atoms with van der Waals surface area (Å²) < 4.78 is 50.2. The van der Waals surface area contributed by atoms with Crippen LogP contribution in [-0.4, -0.2) is 36.8 Å². The summed E-state index contributed by atoms with van der Waals surface area (Å²) in [5.74, 6) is -0.781. The molecule has 0 radical (unpaired) electrons. The minimum atomic E-state index is -3.68. The Morgan fingerprint density at radius 3 is 2.50 bits per heavy atom. The van der Waals surface area contributed by atoms with Crippen molar-refractivity contribution >= 4 is 16.0 Å². The highest BCUT2D eigenvalue weighted by atomic mass is 32.2. The summed E-state index contributed by atoms with van der Waals surface area (Å²) in [6, 6.07) is 11.3. The molecule has 0 amide bonds. The van der Waals surface area contributed by atoms with Gasteiger partial charge in [-0.2, -0.15) is 4.31 Å². The molecule has 158 valence electrons. The second-order valence-electron chi connectivity index (χ2n) is 6.34. The molecule has 1 aromatic heterocycles. The molecule has 3 rings (SSSR count). The van der Waals surface area contributed by atoms with Crippen molar-refractivity contribution in [3.63, 3.8) is 0 Å². The Bertz CT molecular complexity index is 1120. The van der Waals surface area contributed by atoms with E-state index in [1.54, 1.807) is 13.8 Å². The van der Waals surface area contributed by atoms with E-state index in [9.17, 15) is 17.6 Å². The van der Waals surface area contributed by atoms with Crippen LogP contribution in [0.1, 0.15) is 29.9 Å². The van der Waals surface area contributed by atoms with Gasteiger partial charge in [-0.05, 0) is 42.5 Å². The van der Waals surface area contributed by atoms with E-state index in [-0.39, 0.29) is 28.8 Å². The predicted octanol–water partition coefficient (Wildman–Crippen LogP) is 3.87. The SMILES string of the molecule is CCN(CC)S(=O)(=O)c1cccc(C(=O)OCc2coc(-c3ccc(F)cc3)n2)c1. The summed E-state index contributed by atoms with van der Waals surface area (Å²) in [6.07, 6.45) is 1.34. The fourth-order valence-electron chi connectivity index (χ4n) is 2.82. The largest absolute Gasteiger partial charge is 0.455 e. The Hall–Kier alpha value is -3.04. The van der Waals surface area contributed by atoms with Crippen molar-refractivity contribution in [3.05, 3.63) is 71.9 Å². The average molecular weight is 432 g/mol. The number of esters is 1. The Morgan fingerprint density at radius 1 is 1.13 bits per heavy atom. The highest BCUT2D eigenvalue weighted by Crippen LogP contribution is 2.20. The molecule has 0 unspecified atom stereocenters. The van der Waals surface area contributed by atoms with Crippen LogP contribution in [0, 0.1) is 5.82 Å². The number of sulfonamides is 1. The fourth-order valence-corrected chi connectivity index (χ4v) is 4.32. The molecule has 7 nitrogen and oxygen atoms in total. The van der Waals surface area contributed by atoms with Crippen LogP contribution in [0.4, 0.5) is 4.39 Å². The van der Waals surface area contributed by atoms with Gasteiger partial charge in [-0.1, -0.05) is 19.9 Å². The van der Waals surface area contributed by atoms with Crippen molar-refractivity contribution < 1.29 is 26.8 Å². The maximum absolute atomic E-state index is 13.0. The zero-order chi connectivity index (χ0) is 21.7. The summed E-state index contributed by atoms with van der Waals surface area (Å²) in [7, 11) is -3.68.